The van der Waals surface area contributed by atoms with Gasteiger partial charge in [0.25, 0.3) is 10.2 Å². The molecule has 0 atom stereocenters. The van der Waals surface area contributed by atoms with Crippen LogP contribution in [0.3, 0.4) is 0 Å². The van der Waals surface area contributed by atoms with Gasteiger partial charge in [0.05, 0.1) is 9.79 Å². The quantitative estimate of drug-likeness (QED) is 0.630. The number of nitrogens with one attached hydrogen (secondary N) is 2. The van der Waals surface area contributed by atoms with Gasteiger partial charge in [-0.1, -0.05) is 24.3 Å². The van der Waals surface area contributed by atoms with E-state index in [1.807, 2.05) is 0 Å². The van der Waals surface area contributed by atoms with Crippen molar-refractivity contribution in [3.63, 3.8) is 0 Å². The Morgan fingerprint density at radius 3 is 2.07 bits per heavy atom. The van der Waals surface area contributed by atoms with Crippen LogP contribution in [0.5, 0.6) is 0 Å². The van der Waals surface area contributed by atoms with E-state index < -0.39 is 20.0 Å². The number of benzene rings is 2. The molecule has 9 heteroatoms. The molecular weight excluding hydrogens is 386 g/mol. The third-order valence-corrected chi connectivity index (χ3v) is 6.47. The van der Waals surface area contributed by atoms with Crippen LogP contribution in [-0.2, 0) is 26.6 Å². The van der Waals surface area contributed by atoms with Crippen molar-refractivity contribution in [3.05, 3.63) is 84.7 Å². The number of pyridine rings is 1. The Hall–Kier alpha value is -2.75. The third-order valence-electron chi connectivity index (χ3n) is 3.66. The zero-order chi connectivity index (χ0) is 19.3. The van der Waals surface area contributed by atoms with Crippen LogP contribution in [0.25, 0.3) is 0 Å². The van der Waals surface area contributed by atoms with Gasteiger partial charge in [0.1, 0.15) is 0 Å². The van der Waals surface area contributed by atoms with Crippen molar-refractivity contribution >= 4 is 25.7 Å². The molecule has 0 amide bonds. The lowest BCUT2D eigenvalue weighted by Gasteiger charge is -2.10. The van der Waals surface area contributed by atoms with E-state index in [1.165, 1.54) is 36.4 Å². The van der Waals surface area contributed by atoms with Gasteiger partial charge in [-0.15, -0.1) is 0 Å². The number of hydrogen-bond acceptors (Lipinski definition) is 5. The van der Waals surface area contributed by atoms with Crippen LogP contribution in [0, 0.1) is 0 Å². The summed E-state index contributed by atoms with van der Waals surface area (Å²) in [5, 5.41) is 0. The van der Waals surface area contributed by atoms with Crippen molar-refractivity contribution < 1.29 is 16.8 Å². The van der Waals surface area contributed by atoms with Gasteiger partial charge in [0.2, 0.25) is 9.84 Å². The highest BCUT2D eigenvalue weighted by Gasteiger charge is 2.17. The number of anilines is 1. The van der Waals surface area contributed by atoms with Crippen molar-refractivity contribution in [1.82, 2.24) is 9.71 Å². The molecule has 140 valence electrons. The molecule has 3 rings (SSSR count). The Morgan fingerprint density at radius 1 is 0.778 bits per heavy atom. The minimum absolute atomic E-state index is 0.0833. The van der Waals surface area contributed by atoms with Gasteiger partial charge < -0.3 is 0 Å². The molecule has 0 spiro atoms. The van der Waals surface area contributed by atoms with Gasteiger partial charge in [-0.2, -0.15) is 13.1 Å². The van der Waals surface area contributed by atoms with E-state index in [4.69, 9.17) is 0 Å². The van der Waals surface area contributed by atoms with Crippen molar-refractivity contribution in [2.45, 2.75) is 16.3 Å². The first kappa shape index (κ1) is 19.0. The number of hydrogen-bond donors (Lipinski definition) is 2. The highest BCUT2D eigenvalue weighted by Crippen LogP contribution is 2.22. The van der Waals surface area contributed by atoms with E-state index in [1.54, 1.807) is 42.7 Å². The molecule has 1 aromatic heterocycles. The summed E-state index contributed by atoms with van der Waals surface area (Å²) in [4.78, 5) is 4.18. The lowest BCUT2D eigenvalue weighted by molar-refractivity contribution is 0.586. The molecule has 0 bridgehead atoms. The Morgan fingerprint density at radius 2 is 1.44 bits per heavy atom. The molecule has 0 aliphatic heterocycles. The standard InChI is InChI=1S/C18H17N3O4S2/c22-26(23,17-6-2-1-3-7-17)18-10-8-16(9-11-18)21-27(24,25)20-14-15-5-4-12-19-13-15/h1-13,20-21H,14H2. The Kier molecular flexibility index (Phi) is 5.54. The van der Waals surface area contributed by atoms with Crippen LogP contribution < -0.4 is 9.44 Å². The van der Waals surface area contributed by atoms with Crippen molar-refractivity contribution in [2.24, 2.45) is 0 Å². The zero-order valence-electron chi connectivity index (χ0n) is 14.1. The van der Waals surface area contributed by atoms with Crippen molar-refractivity contribution in [3.8, 4) is 0 Å². The third kappa shape index (κ3) is 4.91. The molecule has 1 heterocycles. The maximum atomic E-state index is 12.5. The minimum Gasteiger partial charge on any atom is -0.271 e. The van der Waals surface area contributed by atoms with Crippen LogP contribution in [-0.4, -0.2) is 21.8 Å². The average Bonchev–Trinajstić information content (AvgIpc) is 2.68. The lowest BCUT2D eigenvalue weighted by atomic mass is 10.3. The van der Waals surface area contributed by atoms with E-state index in [-0.39, 0.29) is 22.0 Å². The van der Waals surface area contributed by atoms with Gasteiger partial charge in [-0.05, 0) is 48.0 Å². The number of rotatable bonds is 7. The topological polar surface area (TPSA) is 105 Å². The Balaban J connectivity index is 1.70. The fraction of sp³-hybridized carbons (Fsp3) is 0.0556. The first-order chi connectivity index (χ1) is 12.9. The molecule has 0 aliphatic carbocycles. The first-order valence-electron chi connectivity index (χ1n) is 7.93. The van der Waals surface area contributed by atoms with Gasteiger partial charge in [-0.25, -0.2) is 8.42 Å². The number of nitrogens with zero attached hydrogens (tertiary/aromatic N) is 1. The summed E-state index contributed by atoms with van der Waals surface area (Å²) >= 11 is 0. The number of aromatic nitrogens is 1. The van der Waals surface area contributed by atoms with Gasteiger partial charge in [0, 0.05) is 24.6 Å². The summed E-state index contributed by atoms with van der Waals surface area (Å²) in [5.74, 6) is 0. The van der Waals surface area contributed by atoms with E-state index in [2.05, 4.69) is 14.4 Å². The smallest absolute Gasteiger partial charge is 0.271 e. The maximum absolute atomic E-state index is 12.5. The summed E-state index contributed by atoms with van der Waals surface area (Å²) in [7, 11) is -7.46. The molecule has 2 N–H and O–H groups in total. The molecule has 3 aromatic rings. The van der Waals surface area contributed by atoms with Crippen LogP contribution in [0.4, 0.5) is 5.69 Å². The molecule has 0 saturated heterocycles. The van der Waals surface area contributed by atoms with Crippen LogP contribution >= 0.6 is 0 Å². The van der Waals surface area contributed by atoms with E-state index >= 15 is 0 Å². The Bertz CT molecular complexity index is 1100. The van der Waals surface area contributed by atoms with E-state index in [0.717, 1.165) is 0 Å². The number of sulfone groups is 1. The van der Waals surface area contributed by atoms with Crippen molar-refractivity contribution in [1.29, 1.82) is 0 Å². The van der Waals surface area contributed by atoms with Gasteiger partial charge in [0.15, 0.2) is 0 Å². The monoisotopic (exact) mass is 403 g/mol. The average molecular weight is 403 g/mol. The second kappa shape index (κ2) is 7.87. The minimum atomic E-state index is -3.81. The molecule has 2 aromatic carbocycles. The maximum Gasteiger partial charge on any atom is 0.299 e. The van der Waals surface area contributed by atoms with E-state index in [9.17, 15) is 16.8 Å². The summed E-state index contributed by atoms with van der Waals surface area (Å²) in [6, 6.07) is 17.0. The Labute approximate surface area is 158 Å². The van der Waals surface area contributed by atoms with Crippen LogP contribution in [0.15, 0.2) is 88.9 Å². The fourth-order valence-electron chi connectivity index (χ4n) is 2.31. The molecule has 0 unspecified atom stereocenters. The second-order valence-corrected chi connectivity index (χ2v) is 9.08. The summed E-state index contributed by atoms with van der Waals surface area (Å²) in [6.07, 6.45) is 3.16. The molecule has 0 saturated carbocycles. The van der Waals surface area contributed by atoms with E-state index in [0.29, 0.717) is 5.56 Å². The molecule has 0 fully saturated rings. The normalized spacial score (nSPS) is 11.9. The predicted molar refractivity (Wildman–Crippen MR) is 102 cm³/mol. The molecule has 7 nitrogen and oxygen atoms in total. The summed E-state index contributed by atoms with van der Waals surface area (Å²) in [5.41, 5.74) is 0.966. The van der Waals surface area contributed by atoms with Crippen LogP contribution in [0.2, 0.25) is 0 Å². The molecule has 0 radical (unpaired) electrons. The van der Waals surface area contributed by atoms with Gasteiger partial charge in [-0.3, -0.25) is 9.71 Å². The van der Waals surface area contributed by atoms with Crippen LogP contribution in [0.1, 0.15) is 5.56 Å². The molecule has 27 heavy (non-hydrogen) atoms. The highest BCUT2D eigenvalue weighted by molar-refractivity contribution is 7.91. The zero-order valence-corrected chi connectivity index (χ0v) is 15.7. The van der Waals surface area contributed by atoms with Gasteiger partial charge >= 0.3 is 0 Å². The largest absolute Gasteiger partial charge is 0.299 e. The lowest BCUT2D eigenvalue weighted by Crippen LogP contribution is -2.29. The SMILES string of the molecule is O=S(=O)(NCc1cccnc1)Nc1ccc(S(=O)(=O)c2ccccc2)cc1. The van der Waals surface area contributed by atoms with Crippen molar-refractivity contribution in [2.75, 3.05) is 4.72 Å². The second-order valence-electron chi connectivity index (χ2n) is 5.63. The predicted octanol–water partition coefficient (Wildman–Crippen LogP) is 2.36. The molecular formula is C18H17N3O4S2. The first-order valence-corrected chi connectivity index (χ1v) is 10.9. The summed E-state index contributed by atoms with van der Waals surface area (Å²) in [6.45, 7) is 0.0869. The summed E-state index contributed by atoms with van der Waals surface area (Å²) < 4.78 is 54.0. The molecule has 0 aliphatic rings. The fourth-order valence-corrected chi connectivity index (χ4v) is 4.47. The highest BCUT2D eigenvalue weighted by atomic mass is 32.2.